The quantitative estimate of drug-likeness (QED) is 0.762. The van der Waals surface area contributed by atoms with E-state index in [0.29, 0.717) is 12.2 Å². The summed E-state index contributed by atoms with van der Waals surface area (Å²) in [5, 5.41) is 0. The molecule has 0 aromatic carbocycles. The van der Waals surface area contributed by atoms with Crippen LogP contribution in [0.5, 0.6) is 0 Å². The Morgan fingerprint density at radius 1 is 1.31 bits per heavy atom. The largest absolute Gasteiger partial charge is 0.373 e. The molecule has 1 fully saturated rings. The number of aryl methyl sites for hydroxylation is 1. The number of hydrogen-bond acceptors (Lipinski definition) is 3. The third-order valence-corrected chi connectivity index (χ3v) is 2.87. The summed E-state index contributed by atoms with van der Waals surface area (Å²) in [6, 6.07) is 4.23. The van der Waals surface area contributed by atoms with Gasteiger partial charge in [0.05, 0.1) is 12.2 Å². The highest BCUT2D eigenvalue weighted by atomic mass is 16.5. The average Bonchev–Trinajstić information content (AvgIpc) is 2.20. The van der Waals surface area contributed by atoms with Crippen LogP contribution in [0.4, 0.5) is 0 Å². The Morgan fingerprint density at radius 3 is 2.56 bits per heavy atom. The summed E-state index contributed by atoms with van der Waals surface area (Å²) >= 11 is 0. The van der Waals surface area contributed by atoms with Crippen LogP contribution < -0.4 is 0 Å². The van der Waals surface area contributed by atoms with Gasteiger partial charge < -0.3 is 4.74 Å². The molecule has 0 N–H and O–H groups in total. The van der Waals surface area contributed by atoms with E-state index in [1.54, 1.807) is 0 Å². The van der Waals surface area contributed by atoms with Crippen molar-refractivity contribution < 1.29 is 4.74 Å². The van der Waals surface area contributed by atoms with Crippen molar-refractivity contribution in [3.8, 4) is 0 Å². The van der Waals surface area contributed by atoms with Gasteiger partial charge in [0, 0.05) is 31.5 Å². The van der Waals surface area contributed by atoms with E-state index in [1.165, 1.54) is 5.56 Å². The molecular formula is C13H20N2O. The van der Waals surface area contributed by atoms with Gasteiger partial charge in [-0.1, -0.05) is 6.07 Å². The van der Waals surface area contributed by atoms with Crippen molar-refractivity contribution in [1.29, 1.82) is 0 Å². The lowest BCUT2D eigenvalue weighted by Gasteiger charge is -2.35. The number of pyridine rings is 1. The van der Waals surface area contributed by atoms with E-state index >= 15 is 0 Å². The Morgan fingerprint density at radius 2 is 2.00 bits per heavy atom. The SMILES string of the molecule is Cc1ccc(CN2C[C@@H](C)O[C@@H](C)C2)cn1. The fraction of sp³-hybridized carbons (Fsp3) is 0.615. The fourth-order valence-electron chi connectivity index (χ4n) is 2.26. The fourth-order valence-corrected chi connectivity index (χ4v) is 2.26. The van der Waals surface area contributed by atoms with E-state index in [0.717, 1.165) is 25.3 Å². The summed E-state index contributed by atoms with van der Waals surface area (Å²) < 4.78 is 5.72. The van der Waals surface area contributed by atoms with Gasteiger partial charge >= 0.3 is 0 Å². The zero-order chi connectivity index (χ0) is 11.5. The van der Waals surface area contributed by atoms with Crippen LogP contribution in [0.1, 0.15) is 25.1 Å². The van der Waals surface area contributed by atoms with Crippen molar-refractivity contribution in [2.75, 3.05) is 13.1 Å². The van der Waals surface area contributed by atoms with Gasteiger partial charge in [0.25, 0.3) is 0 Å². The van der Waals surface area contributed by atoms with Crippen molar-refractivity contribution >= 4 is 0 Å². The molecular weight excluding hydrogens is 200 g/mol. The lowest BCUT2D eigenvalue weighted by Crippen LogP contribution is -2.44. The highest BCUT2D eigenvalue weighted by molar-refractivity contribution is 5.13. The van der Waals surface area contributed by atoms with Gasteiger partial charge in [-0.25, -0.2) is 0 Å². The lowest BCUT2D eigenvalue weighted by molar-refractivity contribution is -0.0705. The Balaban J connectivity index is 1.96. The first-order valence-corrected chi connectivity index (χ1v) is 5.93. The van der Waals surface area contributed by atoms with Crippen molar-refractivity contribution in [3.63, 3.8) is 0 Å². The van der Waals surface area contributed by atoms with Crippen LogP contribution in [0.2, 0.25) is 0 Å². The van der Waals surface area contributed by atoms with Gasteiger partial charge in [-0.2, -0.15) is 0 Å². The number of ether oxygens (including phenoxy) is 1. The normalized spacial score (nSPS) is 26.9. The van der Waals surface area contributed by atoms with Gasteiger partial charge in [0.15, 0.2) is 0 Å². The summed E-state index contributed by atoms with van der Waals surface area (Å²) in [6.07, 6.45) is 2.64. The second-order valence-corrected chi connectivity index (χ2v) is 4.76. The van der Waals surface area contributed by atoms with Crippen molar-refractivity contribution in [2.45, 2.75) is 39.5 Å². The summed E-state index contributed by atoms with van der Waals surface area (Å²) in [5.41, 5.74) is 2.36. The minimum Gasteiger partial charge on any atom is -0.373 e. The molecule has 0 amide bonds. The molecule has 2 rings (SSSR count). The predicted molar refractivity (Wildman–Crippen MR) is 64.3 cm³/mol. The third kappa shape index (κ3) is 3.03. The van der Waals surface area contributed by atoms with Crippen LogP contribution in [0, 0.1) is 6.92 Å². The average molecular weight is 220 g/mol. The zero-order valence-corrected chi connectivity index (χ0v) is 10.3. The smallest absolute Gasteiger partial charge is 0.0678 e. The molecule has 2 heterocycles. The number of nitrogens with zero attached hydrogens (tertiary/aromatic N) is 2. The van der Waals surface area contributed by atoms with Crippen LogP contribution in [-0.4, -0.2) is 35.2 Å². The standard InChI is InChI=1S/C13H20N2O/c1-10-4-5-13(6-14-10)9-15-7-11(2)16-12(3)8-15/h4-6,11-12H,7-9H2,1-3H3/t11-,12+. The van der Waals surface area contributed by atoms with Crippen LogP contribution >= 0.6 is 0 Å². The van der Waals surface area contributed by atoms with Crippen LogP contribution in [0.15, 0.2) is 18.3 Å². The zero-order valence-electron chi connectivity index (χ0n) is 10.3. The minimum atomic E-state index is 0.335. The molecule has 1 aromatic rings. The molecule has 1 aliphatic heterocycles. The van der Waals surface area contributed by atoms with Crippen molar-refractivity contribution in [1.82, 2.24) is 9.88 Å². The summed E-state index contributed by atoms with van der Waals surface area (Å²) in [7, 11) is 0. The maximum atomic E-state index is 5.72. The topological polar surface area (TPSA) is 25.4 Å². The Labute approximate surface area is 97.4 Å². The van der Waals surface area contributed by atoms with Gasteiger partial charge in [-0.05, 0) is 32.4 Å². The van der Waals surface area contributed by atoms with E-state index in [1.807, 2.05) is 13.1 Å². The first-order valence-electron chi connectivity index (χ1n) is 5.93. The van der Waals surface area contributed by atoms with E-state index in [4.69, 9.17) is 4.74 Å². The molecule has 0 aliphatic carbocycles. The maximum Gasteiger partial charge on any atom is 0.0678 e. The minimum absolute atomic E-state index is 0.335. The molecule has 16 heavy (non-hydrogen) atoms. The third-order valence-electron chi connectivity index (χ3n) is 2.87. The van der Waals surface area contributed by atoms with E-state index in [9.17, 15) is 0 Å². The molecule has 0 bridgehead atoms. The Hall–Kier alpha value is -0.930. The molecule has 0 saturated carbocycles. The summed E-state index contributed by atoms with van der Waals surface area (Å²) in [4.78, 5) is 6.76. The molecule has 0 radical (unpaired) electrons. The Kier molecular flexibility index (Phi) is 3.56. The number of hydrogen-bond donors (Lipinski definition) is 0. The molecule has 1 aliphatic rings. The first kappa shape index (κ1) is 11.6. The first-order chi connectivity index (χ1) is 7.63. The predicted octanol–water partition coefficient (Wildman–Crippen LogP) is 2.00. The molecule has 1 saturated heterocycles. The number of rotatable bonds is 2. The summed E-state index contributed by atoms with van der Waals surface area (Å²) in [6.45, 7) is 9.29. The second-order valence-electron chi connectivity index (χ2n) is 4.76. The monoisotopic (exact) mass is 220 g/mol. The van der Waals surface area contributed by atoms with Gasteiger partial charge in [-0.15, -0.1) is 0 Å². The van der Waals surface area contributed by atoms with Crippen LogP contribution in [0.25, 0.3) is 0 Å². The molecule has 2 atom stereocenters. The lowest BCUT2D eigenvalue weighted by atomic mass is 10.2. The van der Waals surface area contributed by atoms with Crippen LogP contribution in [0.3, 0.4) is 0 Å². The molecule has 3 nitrogen and oxygen atoms in total. The highest BCUT2D eigenvalue weighted by Gasteiger charge is 2.21. The van der Waals surface area contributed by atoms with E-state index in [2.05, 4.69) is 35.9 Å². The molecule has 0 spiro atoms. The maximum absolute atomic E-state index is 5.72. The highest BCUT2D eigenvalue weighted by Crippen LogP contribution is 2.13. The molecule has 88 valence electrons. The van der Waals surface area contributed by atoms with Crippen molar-refractivity contribution in [3.05, 3.63) is 29.6 Å². The molecule has 0 unspecified atom stereocenters. The van der Waals surface area contributed by atoms with Gasteiger partial charge in [-0.3, -0.25) is 9.88 Å². The van der Waals surface area contributed by atoms with Gasteiger partial charge in [0.1, 0.15) is 0 Å². The Bertz CT molecular complexity index is 326. The van der Waals surface area contributed by atoms with E-state index < -0.39 is 0 Å². The van der Waals surface area contributed by atoms with Crippen molar-refractivity contribution in [2.24, 2.45) is 0 Å². The number of morpholine rings is 1. The van der Waals surface area contributed by atoms with Crippen LogP contribution in [-0.2, 0) is 11.3 Å². The number of aromatic nitrogens is 1. The summed E-state index contributed by atoms with van der Waals surface area (Å²) in [5.74, 6) is 0. The molecule has 3 heteroatoms. The second kappa shape index (κ2) is 4.93. The van der Waals surface area contributed by atoms with E-state index in [-0.39, 0.29) is 0 Å². The van der Waals surface area contributed by atoms with Gasteiger partial charge in [0.2, 0.25) is 0 Å². The molecule has 1 aromatic heterocycles.